The summed E-state index contributed by atoms with van der Waals surface area (Å²) in [4.78, 5) is 16.7. The predicted octanol–water partition coefficient (Wildman–Crippen LogP) is 3.29. The summed E-state index contributed by atoms with van der Waals surface area (Å²) in [5.74, 6) is -0.270. The predicted molar refractivity (Wildman–Crippen MR) is 110 cm³/mol. The second-order valence-corrected chi connectivity index (χ2v) is 7.30. The summed E-state index contributed by atoms with van der Waals surface area (Å²) in [5, 5.41) is 2.85. The SMILES string of the molecule is Cc1ccc(N(c2ccc(C)c(C(=O)NCc3cccnc3)c2)[SH](=O)=O)cc1. The van der Waals surface area contributed by atoms with Crippen molar-refractivity contribution in [3.63, 3.8) is 0 Å². The lowest BCUT2D eigenvalue weighted by Crippen LogP contribution is -2.24. The van der Waals surface area contributed by atoms with Crippen LogP contribution in [0.1, 0.15) is 27.0 Å². The number of amides is 1. The lowest BCUT2D eigenvalue weighted by Gasteiger charge is -2.19. The molecule has 1 N–H and O–H groups in total. The molecule has 3 rings (SSSR count). The van der Waals surface area contributed by atoms with Gasteiger partial charge in [0.15, 0.2) is 0 Å². The second-order valence-electron chi connectivity index (χ2n) is 6.43. The first-order valence-electron chi connectivity index (χ1n) is 8.74. The fourth-order valence-electron chi connectivity index (χ4n) is 2.79. The molecule has 0 aliphatic carbocycles. The van der Waals surface area contributed by atoms with Crippen molar-refractivity contribution in [2.24, 2.45) is 0 Å². The van der Waals surface area contributed by atoms with Crippen LogP contribution in [-0.4, -0.2) is 19.3 Å². The number of aromatic nitrogens is 1. The number of benzene rings is 2. The van der Waals surface area contributed by atoms with E-state index >= 15 is 0 Å². The number of rotatable bonds is 6. The molecule has 7 heteroatoms. The van der Waals surface area contributed by atoms with Crippen LogP contribution >= 0.6 is 0 Å². The molecule has 2 aromatic carbocycles. The summed E-state index contributed by atoms with van der Waals surface area (Å²) in [7, 11) is -2.92. The quantitative estimate of drug-likeness (QED) is 0.628. The third kappa shape index (κ3) is 4.55. The van der Waals surface area contributed by atoms with Gasteiger partial charge in [-0.15, -0.1) is 0 Å². The van der Waals surface area contributed by atoms with E-state index in [0.29, 0.717) is 23.5 Å². The zero-order valence-electron chi connectivity index (χ0n) is 15.6. The largest absolute Gasteiger partial charge is 0.348 e. The van der Waals surface area contributed by atoms with Gasteiger partial charge in [0.1, 0.15) is 0 Å². The fraction of sp³-hybridized carbons (Fsp3) is 0.143. The third-order valence-electron chi connectivity index (χ3n) is 4.33. The maximum atomic E-state index is 12.7. The number of carbonyl (C=O) groups excluding carboxylic acids is 1. The summed E-state index contributed by atoms with van der Waals surface area (Å²) in [5.41, 5.74) is 4.04. The Hall–Kier alpha value is -3.19. The normalized spacial score (nSPS) is 10.7. The zero-order valence-corrected chi connectivity index (χ0v) is 16.5. The van der Waals surface area contributed by atoms with Gasteiger partial charge in [-0.25, -0.2) is 12.7 Å². The van der Waals surface area contributed by atoms with E-state index in [1.807, 2.05) is 32.0 Å². The smallest absolute Gasteiger partial charge is 0.251 e. The Morgan fingerprint density at radius 1 is 1.04 bits per heavy atom. The second kappa shape index (κ2) is 8.67. The van der Waals surface area contributed by atoms with Crippen molar-refractivity contribution in [3.8, 4) is 0 Å². The van der Waals surface area contributed by atoms with E-state index in [1.165, 1.54) is 4.31 Å². The van der Waals surface area contributed by atoms with E-state index in [2.05, 4.69) is 10.3 Å². The van der Waals surface area contributed by atoms with E-state index in [0.717, 1.165) is 16.7 Å². The fourth-order valence-corrected chi connectivity index (χ4v) is 3.43. The van der Waals surface area contributed by atoms with Gasteiger partial charge in [-0.2, -0.15) is 0 Å². The van der Waals surface area contributed by atoms with E-state index < -0.39 is 10.9 Å². The van der Waals surface area contributed by atoms with Crippen LogP contribution in [0.15, 0.2) is 67.0 Å². The Balaban J connectivity index is 1.88. The summed E-state index contributed by atoms with van der Waals surface area (Å²) in [6.07, 6.45) is 3.35. The van der Waals surface area contributed by atoms with E-state index in [-0.39, 0.29) is 5.91 Å². The Labute approximate surface area is 165 Å². The van der Waals surface area contributed by atoms with Crippen molar-refractivity contribution in [1.29, 1.82) is 0 Å². The van der Waals surface area contributed by atoms with Crippen LogP contribution in [0.5, 0.6) is 0 Å². The summed E-state index contributed by atoms with van der Waals surface area (Å²) < 4.78 is 25.0. The van der Waals surface area contributed by atoms with Gasteiger partial charge in [-0.3, -0.25) is 9.78 Å². The molecule has 0 saturated carbocycles. The first kappa shape index (κ1) is 19.6. The molecule has 144 valence electrons. The van der Waals surface area contributed by atoms with Crippen LogP contribution in [0.2, 0.25) is 0 Å². The zero-order chi connectivity index (χ0) is 20.1. The minimum Gasteiger partial charge on any atom is -0.348 e. The first-order valence-corrected chi connectivity index (χ1v) is 9.87. The van der Waals surface area contributed by atoms with Crippen LogP contribution in [0, 0.1) is 13.8 Å². The Morgan fingerprint density at radius 3 is 2.39 bits per heavy atom. The third-order valence-corrected chi connectivity index (χ3v) is 5.12. The highest BCUT2D eigenvalue weighted by Gasteiger charge is 2.16. The number of aryl methyl sites for hydroxylation is 2. The van der Waals surface area contributed by atoms with Crippen molar-refractivity contribution in [2.45, 2.75) is 20.4 Å². The standard InChI is InChI=1S/C21H21N3O3S/c1-15-5-8-18(9-6-15)24(28(26)27)19-10-7-16(2)20(12-19)21(25)23-14-17-4-3-11-22-13-17/h3-13,28H,14H2,1-2H3,(H,23,25). The van der Waals surface area contributed by atoms with Crippen molar-refractivity contribution in [2.75, 3.05) is 4.31 Å². The molecule has 0 unspecified atom stereocenters. The number of anilines is 2. The van der Waals surface area contributed by atoms with Gasteiger partial charge in [-0.05, 0) is 55.3 Å². The Bertz CT molecular complexity index is 1040. The number of carbonyl (C=O) groups is 1. The van der Waals surface area contributed by atoms with Gasteiger partial charge in [0.05, 0.1) is 11.4 Å². The van der Waals surface area contributed by atoms with Crippen molar-refractivity contribution < 1.29 is 13.2 Å². The molecular weight excluding hydrogens is 374 g/mol. The van der Waals surface area contributed by atoms with Gasteiger partial charge < -0.3 is 5.32 Å². The molecule has 6 nitrogen and oxygen atoms in total. The van der Waals surface area contributed by atoms with Gasteiger partial charge in [0.2, 0.25) is 10.9 Å². The van der Waals surface area contributed by atoms with E-state index in [9.17, 15) is 13.2 Å². The van der Waals surface area contributed by atoms with Crippen molar-refractivity contribution >= 4 is 28.2 Å². The minimum absolute atomic E-state index is 0.270. The summed E-state index contributed by atoms with van der Waals surface area (Å²) in [6.45, 7) is 4.09. The van der Waals surface area contributed by atoms with Gasteiger partial charge >= 0.3 is 0 Å². The van der Waals surface area contributed by atoms with Crippen molar-refractivity contribution in [1.82, 2.24) is 10.3 Å². The van der Waals surface area contributed by atoms with Crippen LogP contribution in [-0.2, 0) is 17.4 Å². The molecule has 1 aromatic heterocycles. The maximum absolute atomic E-state index is 12.7. The molecule has 0 atom stereocenters. The number of pyridine rings is 1. The number of hydrogen-bond donors (Lipinski definition) is 2. The van der Waals surface area contributed by atoms with Gasteiger partial charge in [0.25, 0.3) is 5.91 Å². The Morgan fingerprint density at radius 2 is 1.75 bits per heavy atom. The number of hydrogen-bond acceptors (Lipinski definition) is 4. The minimum atomic E-state index is -2.92. The molecule has 1 amide bonds. The topological polar surface area (TPSA) is 79.4 Å². The highest BCUT2D eigenvalue weighted by molar-refractivity contribution is 7.74. The van der Waals surface area contributed by atoms with Gasteiger partial charge in [-0.1, -0.05) is 29.8 Å². The average Bonchev–Trinajstić information content (AvgIpc) is 2.69. The Kier molecular flexibility index (Phi) is 6.06. The molecule has 0 radical (unpaired) electrons. The number of thiol groups is 1. The maximum Gasteiger partial charge on any atom is 0.251 e. The summed E-state index contributed by atoms with van der Waals surface area (Å²) >= 11 is 0. The monoisotopic (exact) mass is 395 g/mol. The molecule has 0 spiro atoms. The highest BCUT2D eigenvalue weighted by Crippen LogP contribution is 2.28. The van der Waals surface area contributed by atoms with E-state index in [4.69, 9.17) is 0 Å². The summed E-state index contributed by atoms with van der Waals surface area (Å²) in [6, 6.07) is 15.9. The molecule has 0 fully saturated rings. The van der Waals surface area contributed by atoms with Crippen molar-refractivity contribution in [3.05, 3.63) is 89.2 Å². The first-order chi connectivity index (χ1) is 13.5. The molecule has 0 aliphatic heterocycles. The molecule has 0 aliphatic rings. The average molecular weight is 395 g/mol. The highest BCUT2D eigenvalue weighted by atomic mass is 32.2. The molecule has 0 saturated heterocycles. The molecule has 0 bridgehead atoms. The number of nitrogens with one attached hydrogen (secondary N) is 1. The number of nitrogens with zero attached hydrogens (tertiary/aromatic N) is 2. The molecule has 28 heavy (non-hydrogen) atoms. The lowest BCUT2D eigenvalue weighted by atomic mass is 10.1. The van der Waals surface area contributed by atoms with Crippen LogP contribution in [0.3, 0.4) is 0 Å². The van der Waals surface area contributed by atoms with Crippen LogP contribution < -0.4 is 9.62 Å². The van der Waals surface area contributed by atoms with E-state index in [1.54, 1.807) is 48.8 Å². The van der Waals surface area contributed by atoms with Crippen LogP contribution in [0.25, 0.3) is 0 Å². The molecule has 1 heterocycles. The lowest BCUT2D eigenvalue weighted by molar-refractivity contribution is 0.0950. The molecular formula is C21H21N3O3S. The molecule has 3 aromatic rings. The van der Waals surface area contributed by atoms with Crippen LogP contribution in [0.4, 0.5) is 11.4 Å². The van der Waals surface area contributed by atoms with Gasteiger partial charge in [0, 0.05) is 24.5 Å².